The van der Waals surface area contributed by atoms with Crippen molar-refractivity contribution in [2.75, 3.05) is 13.2 Å². The van der Waals surface area contributed by atoms with E-state index in [0.717, 1.165) is 16.0 Å². The molecule has 1 fully saturated rings. The fourth-order valence-electron chi connectivity index (χ4n) is 4.28. The van der Waals surface area contributed by atoms with Gasteiger partial charge in [0.1, 0.15) is 13.2 Å². The first kappa shape index (κ1) is 27.1. The van der Waals surface area contributed by atoms with Crippen LogP contribution >= 0.6 is 11.3 Å². The Kier molecular flexibility index (Phi) is 9.26. The molecule has 38 heavy (non-hydrogen) atoms. The number of nitrogens with one attached hydrogen (secondary N) is 1. The van der Waals surface area contributed by atoms with Crippen LogP contribution in [0.1, 0.15) is 39.0 Å². The molecule has 2 atom stereocenters. The van der Waals surface area contributed by atoms with E-state index in [9.17, 15) is 19.2 Å². The largest absolute Gasteiger partial charge is 0.447 e. The first-order valence-corrected chi connectivity index (χ1v) is 13.3. The van der Waals surface area contributed by atoms with E-state index in [1.807, 2.05) is 66.7 Å². The Balaban J connectivity index is 1.43. The Morgan fingerprint density at radius 1 is 1.03 bits per heavy atom. The summed E-state index contributed by atoms with van der Waals surface area (Å²) in [6, 6.07) is 22.1. The molecule has 3 amide bonds. The molecule has 1 aliphatic heterocycles. The minimum absolute atomic E-state index is 0.000760. The molecule has 198 valence electrons. The quantitative estimate of drug-likeness (QED) is 0.347. The average molecular weight is 535 g/mol. The lowest BCUT2D eigenvalue weighted by Crippen LogP contribution is -2.46. The van der Waals surface area contributed by atoms with E-state index in [4.69, 9.17) is 9.47 Å². The summed E-state index contributed by atoms with van der Waals surface area (Å²) in [5.74, 6) is -1.11. The van der Waals surface area contributed by atoms with Crippen LogP contribution in [0.5, 0.6) is 0 Å². The molecule has 0 unspecified atom stereocenters. The van der Waals surface area contributed by atoms with E-state index in [-0.39, 0.29) is 25.5 Å². The molecule has 0 radical (unpaired) electrons. The maximum absolute atomic E-state index is 13.7. The number of aryl methyl sites for hydroxylation is 1. The van der Waals surface area contributed by atoms with Gasteiger partial charge in [0.25, 0.3) is 0 Å². The minimum atomic E-state index is -0.689. The molecule has 1 N–H and O–H groups in total. The fourth-order valence-corrected chi connectivity index (χ4v) is 5.19. The number of rotatable bonds is 11. The van der Waals surface area contributed by atoms with Gasteiger partial charge in [-0.15, -0.1) is 11.3 Å². The van der Waals surface area contributed by atoms with E-state index >= 15 is 0 Å². The van der Waals surface area contributed by atoms with Gasteiger partial charge in [-0.25, -0.2) is 14.5 Å². The number of hydrogen-bond acceptors (Lipinski definition) is 7. The van der Waals surface area contributed by atoms with Crippen molar-refractivity contribution in [2.24, 2.45) is 5.92 Å². The van der Waals surface area contributed by atoms with Crippen LogP contribution in [0, 0.1) is 5.92 Å². The number of cyclic esters (lactones) is 1. The minimum Gasteiger partial charge on any atom is -0.447 e. The fraction of sp³-hybridized carbons (Fsp3) is 0.310. The van der Waals surface area contributed by atoms with Crippen LogP contribution < -0.4 is 5.32 Å². The molecule has 3 aromatic rings. The normalized spacial score (nSPS) is 15.6. The van der Waals surface area contributed by atoms with Gasteiger partial charge in [0.15, 0.2) is 5.78 Å². The lowest BCUT2D eigenvalue weighted by molar-refractivity contribution is -0.133. The van der Waals surface area contributed by atoms with Crippen molar-refractivity contribution in [2.45, 2.75) is 38.8 Å². The smallest absolute Gasteiger partial charge is 0.416 e. The van der Waals surface area contributed by atoms with E-state index in [2.05, 4.69) is 5.32 Å². The summed E-state index contributed by atoms with van der Waals surface area (Å²) in [5.41, 5.74) is 1.83. The molecule has 0 saturated carbocycles. The van der Waals surface area contributed by atoms with Crippen molar-refractivity contribution in [3.05, 3.63) is 93.7 Å². The zero-order valence-electron chi connectivity index (χ0n) is 21.1. The summed E-state index contributed by atoms with van der Waals surface area (Å²) >= 11 is 1.38. The van der Waals surface area contributed by atoms with E-state index in [0.29, 0.717) is 24.1 Å². The first-order valence-electron chi connectivity index (χ1n) is 12.5. The maximum atomic E-state index is 13.7. The Morgan fingerprint density at radius 3 is 2.37 bits per heavy atom. The summed E-state index contributed by atoms with van der Waals surface area (Å²) < 4.78 is 10.5. The molecule has 0 bridgehead atoms. The van der Waals surface area contributed by atoms with Crippen LogP contribution in [-0.4, -0.2) is 48.0 Å². The molecule has 4 rings (SSSR count). The topological polar surface area (TPSA) is 102 Å². The lowest BCUT2D eigenvalue weighted by atomic mass is 9.98. The van der Waals surface area contributed by atoms with E-state index in [1.54, 1.807) is 6.07 Å². The van der Waals surface area contributed by atoms with Crippen LogP contribution in [0.4, 0.5) is 9.59 Å². The van der Waals surface area contributed by atoms with Crippen LogP contribution in [0.25, 0.3) is 0 Å². The average Bonchev–Trinajstić information content (AvgIpc) is 3.55. The molecule has 0 spiro atoms. The van der Waals surface area contributed by atoms with Crippen molar-refractivity contribution in [3.8, 4) is 0 Å². The monoisotopic (exact) mass is 534 g/mol. The molecular weight excluding hydrogens is 504 g/mol. The highest BCUT2D eigenvalue weighted by molar-refractivity contribution is 7.14. The van der Waals surface area contributed by atoms with Crippen molar-refractivity contribution in [3.63, 3.8) is 0 Å². The Labute approximate surface area is 225 Å². The molecule has 2 heterocycles. The van der Waals surface area contributed by atoms with Crippen LogP contribution in [-0.2, 0) is 33.7 Å². The highest BCUT2D eigenvalue weighted by Crippen LogP contribution is 2.24. The van der Waals surface area contributed by atoms with Gasteiger partial charge in [0.05, 0.1) is 16.8 Å². The van der Waals surface area contributed by atoms with Crippen molar-refractivity contribution in [1.29, 1.82) is 0 Å². The summed E-state index contributed by atoms with van der Waals surface area (Å²) in [5, 5.41) is 2.68. The first-order chi connectivity index (χ1) is 18.4. The van der Waals surface area contributed by atoms with Gasteiger partial charge < -0.3 is 14.8 Å². The zero-order valence-corrected chi connectivity index (χ0v) is 21.9. The van der Waals surface area contributed by atoms with Crippen molar-refractivity contribution >= 4 is 35.2 Å². The highest BCUT2D eigenvalue weighted by Gasteiger charge is 2.40. The summed E-state index contributed by atoms with van der Waals surface area (Å²) in [4.78, 5) is 53.1. The van der Waals surface area contributed by atoms with Gasteiger partial charge in [0, 0.05) is 11.4 Å². The van der Waals surface area contributed by atoms with E-state index < -0.39 is 30.1 Å². The number of Topliss-reactive ketones (excluding diaryl/α,β-unsaturated/α-hetero) is 1. The zero-order chi connectivity index (χ0) is 26.9. The third kappa shape index (κ3) is 7.29. The number of ketones is 1. The number of nitrogens with zero attached hydrogens (tertiary/aromatic N) is 1. The van der Waals surface area contributed by atoms with Crippen LogP contribution in [0.15, 0.2) is 72.8 Å². The maximum Gasteiger partial charge on any atom is 0.416 e. The molecule has 2 aromatic carbocycles. The number of carbonyl (C=O) groups excluding carboxylic acids is 4. The van der Waals surface area contributed by atoms with Crippen LogP contribution in [0.2, 0.25) is 0 Å². The Bertz CT molecular complexity index is 1260. The van der Waals surface area contributed by atoms with Crippen LogP contribution in [0.3, 0.4) is 0 Å². The summed E-state index contributed by atoms with van der Waals surface area (Å²) in [6.45, 7) is 1.73. The Hall–Kier alpha value is -3.98. The second kappa shape index (κ2) is 13.0. The number of hydrogen-bond donors (Lipinski definition) is 1. The van der Waals surface area contributed by atoms with Gasteiger partial charge in [-0.05, 0) is 49.4 Å². The van der Waals surface area contributed by atoms with Crippen molar-refractivity contribution in [1.82, 2.24) is 10.2 Å². The molecular formula is C29H30N2O6S. The number of benzene rings is 2. The van der Waals surface area contributed by atoms with Gasteiger partial charge >= 0.3 is 12.2 Å². The van der Waals surface area contributed by atoms with Gasteiger partial charge in [-0.1, -0.05) is 60.7 Å². The predicted molar refractivity (Wildman–Crippen MR) is 143 cm³/mol. The van der Waals surface area contributed by atoms with Gasteiger partial charge in [0.2, 0.25) is 5.91 Å². The molecule has 8 nitrogen and oxygen atoms in total. The second-order valence-electron chi connectivity index (χ2n) is 9.13. The number of imide groups is 1. The lowest BCUT2D eigenvalue weighted by Gasteiger charge is -2.25. The standard InChI is InChI=1S/C29H30N2O6S/c1-20(32)26-15-14-25(38-26)13-12-23(17-30-28(34)36-18-22-10-6-3-7-11-22)27(33)31-24(19-37-29(31)35)16-21-8-4-2-5-9-21/h2-11,14-15,23-24H,12-13,16-19H2,1H3,(H,30,34)/t23-,24+/m0/s1. The molecule has 0 aliphatic carbocycles. The van der Waals surface area contributed by atoms with Gasteiger partial charge in [-0.2, -0.15) is 0 Å². The second-order valence-corrected chi connectivity index (χ2v) is 10.3. The molecule has 1 saturated heterocycles. The molecule has 9 heteroatoms. The number of alkyl carbamates (subject to hydrolysis) is 1. The number of thiophene rings is 1. The summed E-state index contributed by atoms with van der Waals surface area (Å²) in [6.07, 6.45) is 0.0394. The van der Waals surface area contributed by atoms with Crippen molar-refractivity contribution < 1.29 is 28.7 Å². The third-order valence-corrected chi connectivity index (χ3v) is 7.56. The number of carbonyl (C=O) groups is 4. The SMILES string of the molecule is CC(=O)c1ccc(CC[C@@H](CNC(=O)OCc2ccccc2)C(=O)N2C(=O)OC[C@H]2Cc2ccccc2)s1. The number of ether oxygens (including phenoxy) is 2. The Morgan fingerprint density at radius 2 is 1.71 bits per heavy atom. The molecule has 1 aromatic heterocycles. The summed E-state index contributed by atoms with van der Waals surface area (Å²) in [7, 11) is 0. The predicted octanol–water partition coefficient (Wildman–Crippen LogP) is 5.02. The van der Waals surface area contributed by atoms with Gasteiger partial charge in [-0.3, -0.25) is 9.59 Å². The highest BCUT2D eigenvalue weighted by atomic mass is 32.1. The number of amides is 3. The third-order valence-electron chi connectivity index (χ3n) is 6.32. The van der Waals surface area contributed by atoms with E-state index in [1.165, 1.54) is 23.2 Å². The molecule has 1 aliphatic rings.